The molecule has 0 amide bonds. The van der Waals surface area contributed by atoms with Crippen LogP contribution in [0.1, 0.15) is 13.8 Å². The van der Waals surface area contributed by atoms with Crippen molar-refractivity contribution in [2.75, 3.05) is 33.1 Å². The van der Waals surface area contributed by atoms with Gasteiger partial charge < -0.3 is 18.5 Å². The molecule has 0 unspecified atom stereocenters. The molecule has 0 atom stereocenters. The average Bonchev–Trinajstić information content (AvgIpc) is 2.26. The first kappa shape index (κ1) is 16.1. The smallest absolute Gasteiger partial charge is 0.344 e. The van der Waals surface area contributed by atoms with Crippen LogP contribution in [0.5, 0.6) is 0 Å². The zero-order chi connectivity index (χ0) is 13.3. The summed E-state index contributed by atoms with van der Waals surface area (Å²) in [7, 11) is -2.30. The normalized spacial score (nSPS) is 11.0. The van der Waals surface area contributed by atoms with Gasteiger partial charge >= 0.3 is 19.5 Å². The standard InChI is InChI=1S/C9H17O7P/c1-4-15-17(12,16-5-2)7-9(11)14-6-8(10)13-3/h4-7H2,1-3H3. The van der Waals surface area contributed by atoms with Crippen molar-refractivity contribution in [3.8, 4) is 0 Å². The third-order valence-corrected chi connectivity index (χ3v) is 3.50. The van der Waals surface area contributed by atoms with Gasteiger partial charge in [0.2, 0.25) is 0 Å². The van der Waals surface area contributed by atoms with Crippen molar-refractivity contribution in [1.29, 1.82) is 0 Å². The van der Waals surface area contributed by atoms with Gasteiger partial charge in [-0.25, -0.2) is 4.79 Å². The molecule has 0 N–H and O–H groups in total. The van der Waals surface area contributed by atoms with Gasteiger partial charge in [-0.05, 0) is 13.8 Å². The van der Waals surface area contributed by atoms with Gasteiger partial charge in [-0.3, -0.25) is 9.36 Å². The van der Waals surface area contributed by atoms with Crippen molar-refractivity contribution in [1.82, 2.24) is 0 Å². The Morgan fingerprint density at radius 3 is 2.00 bits per heavy atom. The van der Waals surface area contributed by atoms with E-state index in [1.165, 1.54) is 7.11 Å². The number of rotatable bonds is 8. The monoisotopic (exact) mass is 268 g/mol. The highest BCUT2D eigenvalue weighted by Gasteiger charge is 2.28. The van der Waals surface area contributed by atoms with Crippen molar-refractivity contribution >= 4 is 19.5 Å². The van der Waals surface area contributed by atoms with E-state index in [2.05, 4.69) is 9.47 Å². The second-order valence-corrected chi connectivity index (χ2v) is 4.90. The molecule has 0 saturated heterocycles. The second kappa shape index (κ2) is 8.22. The van der Waals surface area contributed by atoms with Gasteiger partial charge in [-0.2, -0.15) is 0 Å². The summed E-state index contributed by atoms with van der Waals surface area (Å²) in [4.78, 5) is 22.0. The number of esters is 2. The fourth-order valence-electron chi connectivity index (χ4n) is 0.924. The fourth-order valence-corrected chi connectivity index (χ4v) is 2.38. The van der Waals surface area contributed by atoms with Gasteiger partial charge in [-0.1, -0.05) is 0 Å². The van der Waals surface area contributed by atoms with Crippen molar-refractivity contribution in [3.05, 3.63) is 0 Å². The summed E-state index contributed by atoms with van der Waals surface area (Å²) >= 11 is 0. The van der Waals surface area contributed by atoms with Crippen LogP contribution in [-0.2, 0) is 32.7 Å². The first-order valence-electron chi connectivity index (χ1n) is 5.08. The van der Waals surface area contributed by atoms with Crippen molar-refractivity contribution in [2.24, 2.45) is 0 Å². The van der Waals surface area contributed by atoms with Crippen LogP contribution in [0.25, 0.3) is 0 Å². The quantitative estimate of drug-likeness (QED) is 0.478. The molecule has 0 bridgehead atoms. The number of ether oxygens (including phenoxy) is 2. The molecule has 0 aliphatic heterocycles. The average molecular weight is 268 g/mol. The highest BCUT2D eigenvalue weighted by atomic mass is 31.2. The second-order valence-electron chi connectivity index (χ2n) is 2.84. The van der Waals surface area contributed by atoms with Crippen LogP contribution in [-0.4, -0.2) is 45.0 Å². The van der Waals surface area contributed by atoms with Gasteiger partial charge in [0.15, 0.2) is 6.61 Å². The lowest BCUT2D eigenvalue weighted by atomic mass is 10.7. The maximum atomic E-state index is 11.9. The first-order chi connectivity index (χ1) is 7.97. The van der Waals surface area contributed by atoms with E-state index >= 15 is 0 Å². The van der Waals surface area contributed by atoms with E-state index < -0.39 is 32.3 Å². The van der Waals surface area contributed by atoms with Crippen LogP contribution >= 0.6 is 7.60 Å². The minimum atomic E-state index is -3.47. The number of carbonyl (C=O) groups excluding carboxylic acids is 2. The van der Waals surface area contributed by atoms with Crippen LogP contribution in [0.15, 0.2) is 0 Å². The summed E-state index contributed by atoms with van der Waals surface area (Å²) in [6.45, 7) is 3.05. The summed E-state index contributed by atoms with van der Waals surface area (Å²) in [6.07, 6.45) is -0.522. The first-order valence-corrected chi connectivity index (χ1v) is 6.80. The molecular weight excluding hydrogens is 251 g/mol. The van der Waals surface area contributed by atoms with Crippen LogP contribution in [0, 0.1) is 0 Å². The van der Waals surface area contributed by atoms with E-state index in [1.807, 2.05) is 0 Å². The van der Waals surface area contributed by atoms with Crippen molar-refractivity contribution < 1.29 is 32.7 Å². The molecule has 0 heterocycles. The van der Waals surface area contributed by atoms with E-state index in [1.54, 1.807) is 13.8 Å². The number of hydrogen-bond acceptors (Lipinski definition) is 7. The van der Waals surface area contributed by atoms with Crippen molar-refractivity contribution in [3.63, 3.8) is 0 Å². The Morgan fingerprint density at radius 2 is 1.59 bits per heavy atom. The molecule has 7 nitrogen and oxygen atoms in total. The van der Waals surface area contributed by atoms with Gasteiger partial charge in [0.1, 0.15) is 6.16 Å². The summed E-state index contributed by atoms with van der Waals surface area (Å²) in [5.41, 5.74) is 0. The van der Waals surface area contributed by atoms with E-state index in [4.69, 9.17) is 9.05 Å². The third kappa shape index (κ3) is 7.10. The Hall–Kier alpha value is -0.910. The topological polar surface area (TPSA) is 88.1 Å². The predicted molar refractivity (Wildman–Crippen MR) is 58.7 cm³/mol. The summed E-state index contributed by atoms with van der Waals surface area (Å²) in [5, 5.41) is 0. The molecule has 0 fully saturated rings. The minimum Gasteiger partial charge on any atom is -0.466 e. The molecule has 17 heavy (non-hydrogen) atoms. The Morgan fingerprint density at radius 1 is 1.06 bits per heavy atom. The molecule has 0 saturated carbocycles. The van der Waals surface area contributed by atoms with Gasteiger partial charge in [0.05, 0.1) is 20.3 Å². The maximum Gasteiger partial charge on any atom is 0.344 e. The van der Waals surface area contributed by atoms with Crippen LogP contribution < -0.4 is 0 Å². The Labute approximate surface area is 99.9 Å². The summed E-state index contributed by atoms with van der Waals surface area (Å²) < 4.78 is 30.5. The summed E-state index contributed by atoms with van der Waals surface area (Å²) in [6, 6.07) is 0. The van der Waals surface area contributed by atoms with Crippen molar-refractivity contribution in [2.45, 2.75) is 13.8 Å². The molecule has 0 aromatic heterocycles. The molecule has 0 aliphatic carbocycles. The third-order valence-electron chi connectivity index (χ3n) is 1.55. The molecule has 0 aromatic rings. The molecule has 100 valence electrons. The van der Waals surface area contributed by atoms with E-state index in [0.29, 0.717) is 0 Å². The molecular formula is C9H17O7P. The highest BCUT2D eigenvalue weighted by molar-refractivity contribution is 7.54. The zero-order valence-corrected chi connectivity index (χ0v) is 11.0. The Bertz CT molecular complexity index is 292. The molecule has 0 spiro atoms. The molecule has 0 rings (SSSR count). The highest BCUT2D eigenvalue weighted by Crippen LogP contribution is 2.47. The van der Waals surface area contributed by atoms with Crippen LogP contribution in [0.3, 0.4) is 0 Å². The SMILES string of the molecule is CCOP(=O)(CC(=O)OCC(=O)OC)OCC. The largest absolute Gasteiger partial charge is 0.466 e. The molecule has 0 radical (unpaired) electrons. The van der Waals surface area contributed by atoms with Gasteiger partial charge in [0, 0.05) is 0 Å². The number of carbonyl (C=O) groups is 2. The minimum absolute atomic E-state index is 0.154. The lowest BCUT2D eigenvalue weighted by Crippen LogP contribution is -2.18. The maximum absolute atomic E-state index is 11.9. The lowest BCUT2D eigenvalue weighted by Gasteiger charge is -2.15. The molecule has 8 heteroatoms. The number of hydrogen-bond donors (Lipinski definition) is 0. The van der Waals surface area contributed by atoms with E-state index in [9.17, 15) is 14.2 Å². The van der Waals surface area contributed by atoms with Crippen LogP contribution in [0.2, 0.25) is 0 Å². The lowest BCUT2D eigenvalue weighted by molar-refractivity contribution is -0.155. The van der Waals surface area contributed by atoms with E-state index in [-0.39, 0.29) is 13.2 Å². The molecule has 0 aliphatic rings. The Kier molecular flexibility index (Phi) is 7.78. The van der Waals surface area contributed by atoms with Crippen LogP contribution in [0.4, 0.5) is 0 Å². The number of methoxy groups -OCH3 is 1. The van der Waals surface area contributed by atoms with Gasteiger partial charge in [0.25, 0.3) is 0 Å². The summed E-state index contributed by atoms with van der Waals surface area (Å²) in [5.74, 6) is -1.53. The van der Waals surface area contributed by atoms with Gasteiger partial charge in [-0.15, -0.1) is 0 Å². The molecule has 0 aromatic carbocycles. The fraction of sp³-hybridized carbons (Fsp3) is 0.778. The Balaban J connectivity index is 4.22. The van der Waals surface area contributed by atoms with E-state index in [0.717, 1.165) is 0 Å². The predicted octanol–water partition coefficient (Wildman–Crippen LogP) is 0.969. The zero-order valence-electron chi connectivity index (χ0n) is 10.1.